The maximum atomic E-state index is 10.9. The lowest BCUT2D eigenvalue weighted by Gasteiger charge is -2.28. The van der Waals surface area contributed by atoms with Gasteiger partial charge in [0, 0.05) is 6.04 Å². The molecule has 0 bridgehead atoms. The summed E-state index contributed by atoms with van der Waals surface area (Å²) < 4.78 is 0. The number of nitrogens with zero attached hydrogens (tertiary/aromatic N) is 3. The fourth-order valence-corrected chi connectivity index (χ4v) is 1.10. The molecule has 1 aromatic rings. The summed E-state index contributed by atoms with van der Waals surface area (Å²) in [5, 5.41) is 13.9. The third-order valence-corrected chi connectivity index (χ3v) is 2.69. The van der Waals surface area contributed by atoms with E-state index in [1.54, 1.807) is 0 Å². The third kappa shape index (κ3) is 3.02. The van der Waals surface area contributed by atoms with E-state index in [-0.39, 0.29) is 28.8 Å². The molecular formula is C10H17N5O2. The van der Waals surface area contributed by atoms with Crippen molar-refractivity contribution in [2.75, 3.05) is 11.1 Å². The molecule has 7 heteroatoms. The molecule has 1 rings (SSSR count). The van der Waals surface area contributed by atoms with Gasteiger partial charge >= 0.3 is 5.69 Å². The number of hydrogen-bond acceptors (Lipinski definition) is 6. The van der Waals surface area contributed by atoms with Crippen molar-refractivity contribution in [2.24, 2.45) is 5.41 Å². The highest BCUT2D eigenvalue weighted by molar-refractivity contribution is 5.67. The van der Waals surface area contributed by atoms with Crippen LogP contribution in [0.1, 0.15) is 27.7 Å². The van der Waals surface area contributed by atoms with Crippen molar-refractivity contribution in [1.29, 1.82) is 0 Å². The lowest BCUT2D eigenvalue weighted by molar-refractivity contribution is -0.383. The number of aromatic nitrogens is 2. The molecule has 0 fully saturated rings. The van der Waals surface area contributed by atoms with Crippen LogP contribution < -0.4 is 11.1 Å². The molecule has 0 amide bonds. The summed E-state index contributed by atoms with van der Waals surface area (Å²) in [5.74, 6) is 0.0264. The Hall–Kier alpha value is -1.92. The summed E-state index contributed by atoms with van der Waals surface area (Å²) in [5.41, 5.74) is 5.15. The van der Waals surface area contributed by atoms with E-state index in [9.17, 15) is 10.1 Å². The SMILES string of the molecule is CC(Nc1ncnc(N)c1[N+](=O)[O-])C(C)(C)C. The van der Waals surface area contributed by atoms with Crippen LogP contribution in [0.4, 0.5) is 17.3 Å². The number of hydrogen-bond donors (Lipinski definition) is 2. The van der Waals surface area contributed by atoms with Gasteiger partial charge in [-0.05, 0) is 12.3 Å². The van der Waals surface area contributed by atoms with Gasteiger partial charge in [0.2, 0.25) is 11.6 Å². The number of anilines is 2. The highest BCUT2D eigenvalue weighted by atomic mass is 16.6. The molecule has 3 N–H and O–H groups in total. The first-order valence-electron chi connectivity index (χ1n) is 5.25. The maximum absolute atomic E-state index is 10.9. The Morgan fingerprint density at radius 3 is 2.53 bits per heavy atom. The monoisotopic (exact) mass is 239 g/mol. The highest BCUT2D eigenvalue weighted by Gasteiger charge is 2.26. The Morgan fingerprint density at radius 2 is 2.06 bits per heavy atom. The van der Waals surface area contributed by atoms with Gasteiger partial charge in [0.05, 0.1) is 4.92 Å². The van der Waals surface area contributed by atoms with Crippen LogP contribution in [0.3, 0.4) is 0 Å². The summed E-state index contributed by atoms with van der Waals surface area (Å²) in [4.78, 5) is 17.8. The Morgan fingerprint density at radius 1 is 1.47 bits per heavy atom. The summed E-state index contributed by atoms with van der Waals surface area (Å²) in [6, 6.07) is 0.00972. The van der Waals surface area contributed by atoms with Gasteiger partial charge in [-0.1, -0.05) is 20.8 Å². The Kier molecular flexibility index (Phi) is 3.50. The molecular weight excluding hydrogens is 222 g/mol. The van der Waals surface area contributed by atoms with Gasteiger partial charge in [0.25, 0.3) is 0 Å². The molecule has 0 spiro atoms. The number of nitrogens with one attached hydrogen (secondary N) is 1. The molecule has 0 radical (unpaired) electrons. The fraction of sp³-hybridized carbons (Fsp3) is 0.600. The Labute approximate surface area is 99.6 Å². The van der Waals surface area contributed by atoms with Crippen LogP contribution in [0.15, 0.2) is 6.33 Å². The minimum atomic E-state index is -0.576. The van der Waals surface area contributed by atoms with Gasteiger partial charge in [-0.3, -0.25) is 10.1 Å². The molecule has 0 aliphatic heterocycles. The maximum Gasteiger partial charge on any atom is 0.352 e. The van der Waals surface area contributed by atoms with Gasteiger partial charge in [-0.2, -0.15) is 0 Å². The van der Waals surface area contributed by atoms with Crippen LogP contribution in [-0.4, -0.2) is 20.9 Å². The quantitative estimate of drug-likeness (QED) is 0.615. The molecule has 0 aromatic carbocycles. The van der Waals surface area contributed by atoms with E-state index in [2.05, 4.69) is 15.3 Å². The van der Waals surface area contributed by atoms with Gasteiger partial charge in [0.1, 0.15) is 6.33 Å². The molecule has 17 heavy (non-hydrogen) atoms. The highest BCUT2D eigenvalue weighted by Crippen LogP contribution is 2.29. The van der Waals surface area contributed by atoms with Crippen molar-refractivity contribution in [3.8, 4) is 0 Å². The van der Waals surface area contributed by atoms with Crippen molar-refractivity contribution in [1.82, 2.24) is 9.97 Å². The van der Waals surface area contributed by atoms with Crippen LogP contribution >= 0.6 is 0 Å². The van der Waals surface area contributed by atoms with Crippen molar-refractivity contribution in [3.05, 3.63) is 16.4 Å². The normalized spacial score (nSPS) is 13.2. The van der Waals surface area contributed by atoms with Gasteiger partial charge in [-0.25, -0.2) is 9.97 Å². The van der Waals surface area contributed by atoms with Crippen LogP contribution in [0.25, 0.3) is 0 Å². The molecule has 1 aromatic heterocycles. The number of rotatable bonds is 3. The molecule has 94 valence electrons. The lowest BCUT2D eigenvalue weighted by atomic mass is 9.88. The number of nitro groups is 1. The van der Waals surface area contributed by atoms with Crippen LogP contribution in [-0.2, 0) is 0 Å². The van der Waals surface area contributed by atoms with E-state index in [1.807, 2.05) is 27.7 Å². The molecule has 0 saturated carbocycles. The standard InChI is InChI=1S/C10H17N5O2/c1-6(10(2,3)4)14-9-7(15(16)17)8(11)12-5-13-9/h5-6H,1-4H3,(H3,11,12,13,14). The van der Waals surface area contributed by atoms with E-state index in [1.165, 1.54) is 6.33 Å². The van der Waals surface area contributed by atoms with E-state index < -0.39 is 4.92 Å². The van der Waals surface area contributed by atoms with E-state index >= 15 is 0 Å². The molecule has 1 heterocycles. The summed E-state index contributed by atoms with van der Waals surface area (Å²) in [6.45, 7) is 8.02. The van der Waals surface area contributed by atoms with E-state index in [0.717, 1.165) is 0 Å². The fourth-order valence-electron chi connectivity index (χ4n) is 1.10. The van der Waals surface area contributed by atoms with Crippen LogP contribution in [0.2, 0.25) is 0 Å². The van der Waals surface area contributed by atoms with Gasteiger partial charge in [-0.15, -0.1) is 0 Å². The van der Waals surface area contributed by atoms with E-state index in [4.69, 9.17) is 5.73 Å². The first kappa shape index (κ1) is 13.1. The Balaban J connectivity index is 3.07. The van der Waals surface area contributed by atoms with Crippen LogP contribution in [0.5, 0.6) is 0 Å². The van der Waals surface area contributed by atoms with Crippen molar-refractivity contribution < 1.29 is 4.92 Å². The smallest absolute Gasteiger partial charge is 0.352 e. The summed E-state index contributed by atoms with van der Waals surface area (Å²) >= 11 is 0. The topological polar surface area (TPSA) is 107 Å². The summed E-state index contributed by atoms with van der Waals surface area (Å²) in [6.07, 6.45) is 1.21. The lowest BCUT2D eigenvalue weighted by Crippen LogP contribution is -2.31. The van der Waals surface area contributed by atoms with Crippen molar-refractivity contribution in [3.63, 3.8) is 0 Å². The molecule has 7 nitrogen and oxygen atoms in total. The molecule has 0 saturated heterocycles. The minimum Gasteiger partial charge on any atom is -0.378 e. The second-order valence-electron chi connectivity index (χ2n) is 4.95. The van der Waals surface area contributed by atoms with Crippen LogP contribution in [0, 0.1) is 15.5 Å². The third-order valence-electron chi connectivity index (χ3n) is 2.69. The zero-order valence-electron chi connectivity index (χ0n) is 10.4. The molecule has 1 atom stereocenters. The number of nitrogen functional groups attached to an aromatic ring is 1. The van der Waals surface area contributed by atoms with E-state index in [0.29, 0.717) is 0 Å². The minimum absolute atomic E-state index is 0.00972. The molecule has 1 unspecified atom stereocenters. The molecule has 0 aliphatic rings. The first-order chi connectivity index (χ1) is 7.73. The molecule has 0 aliphatic carbocycles. The average molecular weight is 239 g/mol. The second kappa shape index (κ2) is 4.52. The summed E-state index contributed by atoms with van der Waals surface area (Å²) in [7, 11) is 0. The Bertz CT molecular complexity index is 427. The van der Waals surface area contributed by atoms with Gasteiger partial charge < -0.3 is 11.1 Å². The average Bonchev–Trinajstić information content (AvgIpc) is 2.15. The number of nitrogens with two attached hydrogens (primary N) is 1. The predicted molar refractivity (Wildman–Crippen MR) is 65.6 cm³/mol. The van der Waals surface area contributed by atoms with Crippen molar-refractivity contribution >= 4 is 17.3 Å². The zero-order chi connectivity index (χ0) is 13.2. The van der Waals surface area contributed by atoms with Gasteiger partial charge in [0.15, 0.2) is 0 Å². The first-order valence-corrected chi connectivity index (χ1v) is 5.25. The van der Waals surface area contributed by atoms with Crippen molar-refractivity contribution in [2.45, 2.75) is 33.7 Å². The zero-order valence-corrected chi connectivity index (χ0v) is 10.4. The predicted octanol–water partition coefficient (Wildman–Crippen LogP) is 1.81. The second-order valence-corrected chi connectivity index (χ2v) is 4.95. The largest absolute Gasteiger partial charge is 0.378 e.